The van der Waals surface area contributed by atoms with Gasteiger partial charge in [0, 0.05) is 28.0 Å². The molecular weight excluding hydrogens is 468 g/mol. The van der Waals surface area contributed by atoms with E-state index in [1.165, 1.54) is 17.7 Å². The van der Waals surface area contributed by atoms with Crippen LogP contribution in [0.3, 0.4) is 0 Å². The molecule has 10 heteroatoms. The second-order valence-corrected chi connectivity index (χ2v) is 9.92. The molecule has 1 atom stereocenters. The molecule has 1 unspecified atom stereocenters. The number of carbonyl (C=O) groups excluding carboxylic acids is 1. The van der Waals surface area contributed by atoms with E-state index in [1.807, 2.05) is 49.4 Å². The molecule has 5 rings (SSSR count). The highest BCUT2D eigenvalue weighted by molar-refractivity contribution is 7.90. The molecule has 3 aromatic heterocycles. The van der Waals surface area contributed by atoms with E-state index < -0.39 is 11.2 Å². The van der Waals surface area contributed by atoms with E-state index in [0.29, 0.717) is 33.1 Å². The number of amides is 1. The standard InChI is InChI=1S/C24H20N6O2S2/c1-13-3-8-17-16(9-10-26-23(17)29-14-4-6-15(7-5-14)34(2)32)19(13)30-24(31)18-11-33-21-20(18)27-12-28-22(21)25/h3-12H,1-2H3,(H,26,29)(H,30,31)(H2,25,27,28). The summed E-state index contributed by atoms with van der Waals surface area (Å²) in [5, 5.41) is 9.83. The maximum absolute atomic E-state index is 13.2. The van der Waals surface area contributed by atoms with Crippen molar-refractivity contribution < 1.29 is 9.35 Å². The van der Waals surface area contributed by atoms with Gasteiger partial charge in [-0.15, -0.1) is 11.3 Å². The first-order valence-electron chi connectivity index (χ1n) is 10.3. The Morgan fingerprint density at radius 2 is 1.85 bits per heavy atom. The van der Waals surface area contributed by atoms with Gasteiger partial charge >= 0.3 is 0 Å². The fourth-order valence-electron chi connectivity index (χ4n) is 3.71. The monoisotopic (exact) mass is 488 g/mol. The van der Waals surface area contributed by atoms with E-state index in [4.69, 9.17) is 5.73 Å². The summed E-state index contributed by atoms with van der Waals surface area (Å²) in [4.78, 5) is 26.7. The number of nitrogens with zero attached hydrogens (tertiary/aromatic N) is 3. The van der Waals surface area contributed by atoms with Gasteiger partial charge in [-0.25, -0.2) is 15.0 Å². The predicted octanol–water partition coefficient (Wildman–Crippen LogP) is 4.86. The SMILES string of the molecule is Cc1ccc2c(Nc3ccc([S+](C)[O-])cc3)nccc2c1NC(=O)c1csc2c(N)ncnc12. The number of aryl methyl sites for hydroxylation is 1. The number of hydrogen-bond acceptors (Lipinski definition) is 8. The normalized spacial score (nSPS) is 12.1. The first-order valence-corrected chi connectivity index (χ1v) is 12.7. The van der Waals surface area contributed by atoms with E-state index in [9.17, 15) is 9.35 Å². The molecule has 0 aliphatic heterocycles. The summed E-state index contributed by atoms with van der Waals surface area (Å²) in [7, 11) is 0. The second-order valence-electron chi connectivity index (χ2n) is 7.66. The van der Waals surface area contributed by atoms with Gasteiger partial charge in [0.1, 0.15) is 24.2 Å². The Labute approximate surface area is 202 Å². The van der Waals surface area contributed by atoms with Crippen molar-refractivity contribution >= 4 is 72.4 Å². The molecule has 0 spiro atoms. The molecule has 0 radical (unpaired) electrons. The van der Waals surface area contributed by atoms with Crippen LogP contribution < -0.4 is 16.4 Å². The summed E-state index contributed by atoms with van der Waals surface area (Å²) >= 11 is 0.305. The van der Waals surface area contributed by atoms with Crippen molar-refractivity contribution in [2.45, 2.75) is 11.8 Å². The van der Waals surface area contributed by atoms with Crippen molar-refractivity contribution in [1.82, 2.24) is 15.0 Å². The van der Waals surface area contributed by atoms with Gasteiger partial charge in [0.15, 0.2) is 4.90 Å². The number of nitrogens with one attached hydrogen (secondary N) is 2. The van der Waals surface area contributed by atoms with Crippen LogP contribution in [0.1, 0.15) is 15.9 Å². The second kappa shape index (κ2) is 8.90. The number of nitrogen functional groups attached to an aromatic ring is 1. The highest BCUT2D eigenvalue weighted by Gasteiger charge is 2.18. The fraction of sp³-hybridized carbons (Fsp3) is 0.0833. The molecule has 1 amide bonds. The number of thiophene rings is 1. The minimum atomic E-state index is -1.04. The predicted molar refractivity (Wildman–Crippen MR) is 138 cm³/mol. The Kier molecular flexibility index (Phi) is 5.78. The highest BCUT2D eigenvalue weighted by atomic mass is 32.2. The van der Waals surface area contributed by atoms with E-state index in [0.717, 1.165) is 26.9 Å². The third-order valence-corrected chi connectivity index (χ3v) is 7.39. The Hall–Kier alpha value is -3.73. The largest absolute Gasteiger partial charge is 0.612 e. The number of nitrogens with two attached hydrogens (primary N) is 1. The van der Waals surface area contributed by atoms with E-state index in [1.54, 1.807) is 17.8 Å². The Morgan fingerprint density at radius 1 is 1.06 bits per heavy atom. The van der Waals surface area contributed by atoms with Gasteiger partial charge in [-0.1, -0.05) is 12.1 Å². The summed E-state index contributed by atoms with van der Waals surface area (Å²) in [6, 6.07) is 13.2. The molecule has 0 aliphatic rings. The number of anilines is 4. The van der Waals surface area contributed by atoms with Crippen LogP contribution in [0.2, 0.25) is 0 Å². The lowest BCUT2D eigenvalue weighted by Crippen LogP contribution is -2.13. The fourth-order valence-corrected chi connectivity index (χ4v) is 5.13. The Balaban J connectivity index is 1.50. The molecule has 8 nitrogen and oxygen atoms in total. The Bertz CT molecular complexity index is 1530. The third kappa shape index (κ3) is 4.03. The van der Waals surface area contributed by atoms with Gasteiger partial charge in [-0.2, -0.15) is 0 Å². The number of carbonyl (C=O) groups is 1. The summed E-state index contributed by atoms with van der Waals surface area (Å²) in [6.07, 6.45) is 4.70. The average molecular weight is 489 g/mol. The van der Waals surface area contributed by atoms with E-state index in [-0.39, 0.29) is 5.91 Å². The van der Waals surface area contributed by atoms with Crippen molar-refractivity contribution in [2.24, 2.45) is 0 Å². The van der Waals surface area contributed by atoms with Crippen LogP contribution >= 0.6 is 11.3 Å². The van der Waals surface area contributed by atoms with E-state index >= 15 is 0 Å². The average Bonchev–Trinajstić information content (AvgIpc) is 3.27. The summed E-state index contributed by atoms with van der Waals surface area (Å²) in [5.74, 6) is 0.740. The van der Waals surface area contributed by atoms with Crippen molar-refractivity contribution in [3.8, 4) is 0 Å². The lowest BCUT2D eigenvalue weighted by Gasteiger charge is -2.15. The lowest BCUT2D eigenvalue weighted by atomic mass is 10.0. The van der Waals surface area contributed by atoms with Crippen LogP contribution in [0.4, 0.5) is 23.0 Å². The molecule has 3 heterocycles. The van der Waals surface area contributed by atoms with Crippen LogP contribution in [0, 0.1) is 6.92 Å². The molecule has 0 saturated heterocycles. The van der Waals surface area contributed by atoms with Gasteiger partial charge in [-0.05, 0) is 54.0 Å². The maximum atomic E-state index is 13.2. The van der Waals surface area contributed by atoms with Gasteiger partial charge in [-0.3, -0.25) is 4.79 Å². The first kappa shape index (κ1) is 22.1. The molecule has 0 bridgehead atoms. The number of rotatable bonds is 5. The Morgan fingerprint density at radius 3 is 2.62 bits per heavy atom. The molecule has 0 fully saturated rings. The minimum Gasteiger partial charge on any atom is -0.612 e. The molecule has 170 valence electrons. The van der Waals surface area contributed by atoms with Gasteiger partial charge in [0.05, 0.1) is 21.5 Å². The number of fused-ring (bicyclic) bond motifs is 2. The third-order valence-electron chi connectivity index (χ3n) is 5.47. The number of aromatic nitrogens is 3. The van der Waals surface area contributed by atoms with Crippen LogP contribution in [-0.4, -0.2) is 31.7 Å². The molecule has 2 aromatic carbocycles. The van der Waals surface area contributed by atoms with Crippen molar-refractivity contribution in [3.05, 3.63) is 71.5 Å². The van der Waals surface area contributed by atoms with Crippen molar-refractivity contribution in [2.75, 3.05) is 22.6 Å². The topological polar surface area (TPSA) is 129 Å². The minimum absolute atomic E-state index is 0.269. The lowest BCUT2D eigenvalue weighted by molar-refractivity contribution is 0.102. The van der Waals surface area contributed by atoms with Crippen LogP contribution in [0.15, 0.2) is 65.3 Å². The maximum Gasteiger partial charge on any atom is 0.258 e. The molecule has 34 heavy (non-hydrogen) atoms. The molecule has 0 saturated carbocycles. The smallest absolute Gasteiger partial charge is 0.258 e. The summed E-state index contributed by atoms with van der Waals surface area (Å²) in [5.41, 5.74) is 9.35. The number of benzene rings is 2. The summed E-state index contributed by atoms with van der Waals surface area (Å²) < 4.78 is 12.3. The molecule has 5 aromatic rings. The number of hydrogen-bond donors (Lipinski definition) is 3. The zero-order chi connectivity index (χ0) is 23.8. The molecule has 4 N–H and O–H groups in total. The molecule has 0 aliphatic carbocycles. The van der Waals surface area contributed by atoms with Crippen LogP contribution in [-0.2, 0) is 11.2 Å². The van der Waals surface area contributed by atoms with Crippen molar-refractivity contribution in [1.29, 1.82) is 0 Å². The van der Waals surface area contributed by atoms with E-state index in [2.05, 4.69) is 25.6 Å². The number of pyridine rings is 1. The molecular formula is C24H20N6O2S2. The highest BCUT2D eigenvalue weighted by Crippen LogP contribution is 2.34. The van der Waals surface area contributed by atoms with Crippen LogP contribution in [0.25, 0.3) is 21.0 Å². The first-order chi connectivity index (χ1) is 16.4. The van der Waals surface area contributed by atoms with Crippen molar-refractivity contribution in [3.63, 3.8) is 0 Å². The van der Waals surface area contributed by atoms with Gasteiger partial charge < -0.3 is 20.9 Å². The summed E-state index contributed by atoms with van der Waals surface area (Å²) in [6.45, 7) is 1.94. The zero-order valence-electron chi connectivity index (χ0n) is 18.3. The van der Waals surface area contributed by atoms with Gasteiger partial charge in [0.2, 0.25) is 0 Å². The zero-order valence-corrected chi connectivity index (χ0v) is 20.0. The van der Waals surface area contributed by atoms with Crippen LogP contribution in [0.5, 0.6) is 0 Å². The van der Waals surface area contributed by atoms with Gasteiger partial charge in [0.25, 0.3) is 5.91 Å². The quantitative estimate of drug-likeness (QED) is 0.301.